The third-order valence-electron chi connectivity index (χ3n) is 6.24. The van der Waals surface area contributed by atoms with E-state index in [1.807, 2.05) is 30.3 Å². The van der Waals surface area contributed by atoms with E-state index in [2.05, 4.69) is 27.6 Å². The maximum atomic E-state index is 13.5. The fraction of sp³-hybridized carbons (Fsp3) is 0.148. The standard InChI is InChI=1S/C27H19IN2O6S/c1-34-17-7-8-18-21(13-17)37-27(29-18)30-23(14-2-5-16(28)6-3-14)22(25(32)26(30)33)24(31)15-4-9-19-20(12-15)36-11-10-35-19/h2-9,12-13,23,31H,10-11H2,1H3/b24-22+. The molecule has 3 heterocycles. The van der Waals surface area contributed by atoms with Crippen molar-refractivity contribution in [3.05, 3.63) is 80.9 Å². The van der Waals surface area contributed by atoms with Crippen LogP contribution in [0.25, 0.3) is 16.0 Å². The van der Waals surface area contributed by atoms with Crippen LogP contribution in [0, 0.1) is 3.57 Å². The Hall–Kier alpha value is -3.64. The van der Waals surface area contributed by atoms with Gasteiger partial charge >= 0.3 is 5.91 Å². The number of ketones is 1. The number of ether oxygens (including phenoxy) is 3. The molecule has 37 heavy (non-hydrogen) atoms. The second-order valence-electron chi connectivity index (χ2n) is 8.41. The van der Waals surface area contributed by atoms with Gasteiger partial charge < -0.3 is 19.3 Å². The average molecular weight is 626 g/mol. The Labute approximate surface area is 229 Å². The number of Topliss-reactive ketones (excluding diaryl/α,β-unsaturated/α-hetero) is 1. The molecule has 0 radical (unpaired) electrons. The number of methoxy groups -OCH3 is 1. The van der Waals surface area contributed by atoms with Gasteiger partial charge in [-0.15, -0.1) is 0 Å². The van der Waals surface area contributed by atoms with Crippen molar-refractivity contribution < 1.29 is 28.9 Å². The summed E-state index contributed by atoms with van der Waals surface area (Å²) in [5, 5.41) is 11.8. The summed E-state index contributed by atoms with van der Waals surface area (Å²) < 4.78 is 18.4. The number of amides is 1. The molecule has 4 aromatic rings. The van der Waals surface area contributed by atoms with Crippen LogP contribution in [0.5, 0.6) is 17.2 Å². The van der Waals surface area contributed by atoms with Gasteiger partial charge in [-0.2, -0.15) is 0 Å². The molecule has 1 aromatic heterocycles. The first-order chi connectivity index (χ1) is 17.9. The van der Waals surface area contributed by atoms with E-state index in [4.69, 9.17) is 14.2 Å². The van der Waals surface area contributed by atoms with E-state index in [0.29, 0.717) is 52.2 Å². The van der Waals surface area contributed by atoms with Gasteiger partial charge in [0.1, 0.15) is 24.7 Å². The van der Waals surface area contributed by atoms with Crippen LogP contribution in [-0.2, 0) is 9.59 Å². The molecule has 1 unspecified atom stereocenters. The molecular weight excluding hydrogens is 607 g/mol. The molecular formula is C27H19IN2O6S. The number of fused-ring (bicyclic) bond motifs is 2. The van der Waals surface area contributed by atoms with Crippen molar-refractivity contribution in [2.45, 2.75) is 6.04 Å². The monoisotopic (exact) mass is 626 g/mol. The number of aliphatic hydroxyl groups excluding tert-OH is 1. The topological polar surface area (TPSA) is 98.2 Å². The van der Waals surface area contributed by atoms with E-state index >= 15 is 0 Å². The molecule has 3 aromatic carbocycles. The number of thiazole rings is 1. The van der Waals surface area contributed by atoms with Gasteiger partial charge in [0.2, 0.25) is 0 Å². The third-order valence-corrected chi connectivity index (χ3v) is 7.97. The van der Waals surface area contributed by atoms with Gasteiger partial charge in [-0.05, 0) is 76.7 Å². The lowest BCUT2D eigenvalue weighted by molar-refractivity contribution is -0.132. The molecule has 10 heteroatoms. The van der Waals surface area contributed by atoms with E-state index in [-0.39, 0.29) is 11.3 Å². The summed E-state index contributed by atoms with van der Waals surface area (Å²) >= 11 is 3.47. The Bertz CT molecular complexity index is 1600. The molecule has 186 valence electrons. The molecule has 6 rings (SSSR count). The van der Waals surface area contributed by atoms with Gasteiger partial charge in [0, 0.05) is 9.13 Å². The second-order valence-corrected chi connectivity index (χ2v) is 10.7. The van der Waals surface area contributed by atoms with Crippen molar-refractivity contribution in [1.29, 1.82) is 0 Å². The molecule has 8 nitrogen and oxygen atoms in total. The summed E-state index contributed by atoms with van der Waals surface area (Å²) in [6.07, 6.45) is 0. The zero-order valence-electron chi connectivity index (χ0n) is 19.4. The Morgan fingerprint density at radius 3 is 2.57 bits per heavy atom. The SMILES string of the molecule is COc1ccc2nc(N3C(=O)C(=O)/C(=C(/O)c4ccc5c(c4)OCCO5)C3c3ccc(I)cc3)sc2c1. The number of halogens is 1. The number of carbonyl (C=O) groups is 2. The molecule has 0 saturated carbocycles. The number of anilines is 1. The fourth-order valence-corrected chi connectivity index (χ4v) is 5.84. The lowest BCUT2D eigenvalue weighted by Crippen LogP contribution is -2.29. The number of carbonyl (C=O) groups excluding carboxylic acids is 2. The first-order valence-corrected chi connectivity index (χ1v) is 13.2. The minimum absolute atomic E-state index is 0.0141. The van der Waals surface area contributed by atoms with Crippen molar-refractivity contribution in [1.82, 2.24) is 4.98 Å². The van der Waals surface area contributed by atoms with Crippen LogP contribution in [0.1, 0.15) is 17.2 Å². The van der Waals surface area contributed by atoms with Crippen molar-refractivity contribution in [3.63, 3.8) is 0 Å². The molecule has 0 spiro atoms. The highest BCUT2D eigenvalue weighted by atomic mass is 127. The zero-order chi connectivity index (χ0) is 25.7. The lowest BCUT2D eigenvalue weighted by atomic mass is 9.95. The number of benzene rings is 3. The minimum Gasteiger partial charge on any atom is -0.507 e. The molecule has 1 atom stereocenters. The number of hydrogen-bond donors (Lipinski definition) is 1. The summed E-state index contributed by atoms with van der Waals surface area (Å²) in [4.78, 5) is 32.9. The van der Waals surface area contributed by atoms with Crippen LogP contribution in [0.4, 0.5) is 5.13 Å². The Morgan fingerprint density at radius 1 is 1.05 bits per heavy atom. The third kappa shape index (κ3) is 4.09. The maximum absolute atomic E-state index is 13.5. The van der Waals surface area contributed by atoms with E-state index in [9.17, 15) is 14.7 Å². The lowest BCUT2D eigenvalue weighted by Gasteiger charge is -2.23. The van der Waals surface area contributed by atoms with E-state index < -0.39 is 17.7 Å². The predicted octanol–water partition coefficient (Wildman–Crippen LogP) is 5.31. The quantitative estimate of drug-likeness (QED) is 0.142. The normalized spacial score (nSPS) is 18.4. The molecule has 2 aliphatic rings. The van der Waals surface area contributed by atoms with E-state index in [1.54, 1.807) is 37.4 Å². The highest BCUT2D eigenvalue weighted by molar-refractivity contribution is 14.1. The molecule has 1 fully saturated rings. The van der Waals surface area contributed by atoms with Gasteiger partial charge in [-0.3, -0.25) is 14.5 Å². The highest BCUT2D eigenvalue weighted by Gasteiger charge is 2.48. The molecule has 1 saturated heterocycles. The largest absolute Gasteiger partial charge is 0.507 e. The van der Waals surface area contributed by atoms with Crippen LogP contribution in [-0.4, -0.2) is 42.1 Å². The van der Waals surface area contributed by atoms with Gasteiger partial charge in [0.15, 0.2) is 16.6 Å². The Balaban J connectivity index is 1.52. The van der Waals surface area contributed by atoms with Crippen LogP contribution in [0.3, 0.4) is 0 Å². The molecule has 0 aliphatic carbocycles. The molecule has 0 bridgehead atoms. The maximum Gasteiger partial charge on any atom is 0.301 e. The second kappa shape index (κ2) is 9.34. The van der Waals surface area contributed by atoms with Crippen LogP contribution in [0.2, 0.25) is 0 Å². The van der Waals surface area contributed by atoms with Gasteiger partial charge in [-0.25, -0.2) is 4.98 Å². The molecule has 1 amide bonds. The Morgan fingerprint density at radius 2 is 1.81 bits per heavy atom. The first kappa shape index (κ1) is 23.7. The minimum atomic E-state index is -0.868. The van der Waals surface area contributed by atoms with E-state index in [1.165, 1.54) is 16.2 Å². The van der Waals surface area contributed by atoms with Crippen molar-refractivity contribution >= 4 is 66.7 Å². The van der Waals surface area contributed by atoms with Crippen molar-refractivity contribution in [2.75, 3.05) is 25.2 Å². The number of aliphatic hydroxyl groups is 1. The highest BCUT2D eigenvalue weighted by Crippen LogP contribution is 2.45. The number of nitrogens with zero attached hydrogens (tertiary/aromatic N) is 2. The van der Waals surface area contributed by atoms with Gasteiger partial charge in [-0.1, -0.05) is 23.5 Å². The smallest absolute Gasteiger partial charge is 0.301 e. The Kier molecular flexibility index (Phi) is 6.00. The predicted molar refractivity (Wildman–Crippen MR) is 148 cm³/mol. The van der Waals surface area contributed by atoms with Crippen LogP contribution < -0.4 is 19.1 Å². The molecule has 2 aliphatic heterocycles. The summed E-state index contributed by atoms with van der Waals surface area (Å²) in [5.74, 6) is -0.138. The van der Waals surface area contributed by atoms with Crippen molar-refractivity contribution in [3.8, 4) is 17.2 Å². The van der Waals surface area contributed by atoms with Crippen molar-refractivity contribution in [2.24, 2.45) is 0 Å². The summed E-state index contributed by atoms with van der Waals surface area (Å²) in [7, 11) is 1.58. The van der Waals surface area contributed by atoms with Crippen LogP contribution >= 0.6 is 33.9 Å². The van der Waals surface area contributed by atoms with Gasteiger partial charge in [0.25, 0.3) is 5.78 Å². The molecule has 1 N–H and O–H groups in total. The summed E-state index contributed by atoms with van der Waals surface area (Å²) in [6, 6.07) is 17.0. The average Bonchev–Trinajstić information content (AvgIpc) is 3.46. The number of rotatable bonds is 4. The summed E-state index contributed by atoms with van der Waals surface area (Å²) in [5.41, 5.74) is 1.69. The van der Waals surface area contributed by atoms with Gasteiger partial charge in [0.05, 0.1) is 28.9 Å². The fourth-order valence-electron chi connectivity index (χ4n) is 4.46. The number of aromatic nitrogens is 1. The van der Waals surface area contributed by atoms with E-state index in [0.717, 1.165) is 8.27 Å². The van der Waals surface area contributed by atoms with Crippen LogP contribution in [0.15, 0.2) is 66.2 Å². The number of hydrogen-bond acceptors (Lipinski definition) is 8. The zero-order valence-corrected chi connectivity index (χ0v) is 22.4. The first-order valence-electron chi connectivity index (χ1n) is 11.4. The summed E-state index contributed by atoms with van der Waals surface area (Å²) in [6.45, 7) is 0.816.